The highest BCUT2D eigenvalue weighted by Gasteiger charge is 2.15. The summed E-state index contributed by atoms with van der Waals surface area (Å²) in [5, 5.41) is 1.86. The lowest BCUT2D eigenvalue weighted by atomic mass is 10.1. The van der Waals surface area contributed by atoms with E-state index in [1.807, 2.05) is 42.6 Å². The molecule has 148 valence electrons. The topological polar surface area (TPSA) is 17.8 Å². The summed E-state index contributed by atoms with van der Waals surface area (Å²) in [7, 11) is 0. The normalized spacial score (nSPS) is 12.2. The first-order valence-electron chi connectivity index (χ1n) is 9.78. The predicted octanol–water partition coefficient (Wildman–Crippen LogP) is 7.47. The van der Waals surface area contributed by atoms with Crippen molar-refractivity contribution in [2.75, 3.05) is 5.75 Å². The van der Waals surface area contributed by atoms with E-state index in [0.29, 0.717) is 10.3 Å². The van der Waals surface area contributed by atoms with Crippen LogP contribution in [0.3, 0.4) is 0 Å². The van der Waals surface area contributed by atoms with E-state index >= 15 is 0 Å². The van der Waals surface area contributed by atoms with E-state index in [2.05, 4.69) is 45.9 Å². The van der Waals surface area contributed by atoms with Crippen LogP contribution in [0, 0.1) is 0 Å². The fraction of sp³-hybridized carbons (Fsp3) is 0.348. The Morgan fingerprint density at radius 2 is 1.86 bits per heavy atom. The minimum Gasteiger partial charge on any atom is -0.337 e. The van der Waals surface area contributed by atoms with Crippen LogP contribution in [0.2, 0.25) is 10.0 Å². The van der Waals surface area contributed by atoms with Crippen LogP contribution in [0.4, 0.5) is 0 Å². The zero-order chi connectivity index (χ0) is 19.6. The van der Waals surface area contributed by atoms with Crippen LogP contribution >= 0.6 is 35.0 Å². The maximum Gasteiger partial charge on any atom is 0.0945 e. The highest BCUT2D eigenvalue weighted by molar-refractivity contribution is 7.99. The largest absolute Gasteiger partial charge is 0.337 e. The number of benzene rings is 2. The van der Waals surface area contributed by atoms with Crippen LogP contribution < -0.4 is 0 Å². The van der Waals surface area contributed by atoms with Crippen molar-refractivity contribution in [3.8, 4) is 0 Å². The van der Waals surface area contributed by atoms with Crippen molar-refractivity contribution in [1.82, 2.24) is 9.55 Å². The maximum atomic E-state index is 6.51. The first-order valence-corrected chi connectivity index (χ1v) is 11.6. The number of imidazole rings is 1. The summed E-state index contributed by atoms with van der Waals surface area (Å²) in [6.45, 7) is 0.982. The molecule has 28 heavy (non-hydrogen) atoms. The van der Waals surface area contributed by atoms with E-state index < -0.39 is 0 Å². The molecule has 0 N–H and O–H groups in total. The lowest BCUT2D eigenvalue weighted by Gasteiger charge is -2.19. The zero-order valence-electron chi connectivity index (χ0n) is 15.9. The average molecular weight is 433 g/mol. The third kappa shape index (κ3) is 6.88. The SMILES string of the molecule is Clc1ccc(C(CCCn2ccnc2)SCCCCc2ccccc2)c(Cl)c1. The molecule has 1 unspecified atom stereocenters. The molecule has 0 radical (unpaired) electrons. The van der Waals surface area contributed by atoms with Crippen molar-refractivity contribution >= 4 is 35.0 Å². The van der Waals surface area contributed by atoms with E-state index in [4.69, 9.17) is 23.2 Å². The molecule has 0 amide bonds. The number of unbranched alkanes of at least 4 members (excludes halogenated alkanes) is 1. The Labute approximate surface area is 182 Å². The summed E-state index contributed by atoms with van der Waals surface area (Å²) in [6.07, 6.45) is 11.5. The van der Waals surface area contributed by atoms with Gasteiger partial charge < -0.3 is 4.57 Å². The number of aromatic nitrogens is 2. The second-order valence-corrected chi connectivity index (χ2v) is 9.06. The molecule has 2 aromatic carbocycles. The second kappa shape index (κ2) is 11.5. The summed E-state index contributed by atoms with van der Waals surface area (Å²) >= 11 is 14.6. The molecule has 0 spiro atoms. The molecule has 2 nitrogen and oxygen atoms in total. The smallest absolute Gasteiger partial charge is 0.0945 e. The molecule has 5 heteroatoms. The molecule has 0 saturated heterocycles. The van der Waals surface area contributed by atoms with Crippen molar-refractivity contribution in [3.05, 3.63) is 88.4 Å². The van der Waals surface area contributed by atoms with Crippen molar-refractivity contribution in [2.45, 2.75) is 43.9 Å². The lowest BCUT2D eigenvalue weighted by molar-refractivity contribution is 0.604. The Bertz CT molecular complexity index is 822. The van der Waals surface area contributed by atoms with Crippen molar-refractivity contribution in [3.63, 3.8) is 0 Å². The van der Waals surface area contributed by atoms with Gasteiger partial charge in [0.25, 0.3) is 0 Å². The van der Waals surface area contributed by atoms with Crippen LogP contribution in [0.1, 0.15) is 42.1 Å². The molecule has 0 aliphatic carbocycles. The van der Waals surface area contributed by atoms with Crippen LogP contribution in [-0.4, -0.2) is 15.3 Å². The molecule has 0 aliphatic heterocycles. The minimum atomic E-state index is 0.394. The lowest BCUT2D eigenvalue weighted by Crippen LogP contribution is -2.01. The van der Waals surface area contributed by atoms with Gasteiger partial charge in [0.05, 0.1) is 6.33 Å². The number of hydrogen-bond acceptors (Lipinski definition) is 2. The number of thioether (sulfide) groups is 1. The van der Waals surface area contributed by atoms with Crippen LogP contribution in [0.15, 0.2) is 67.3 Å². The highest BCUT2D eigenvalue weighted by Crippen LogP contribution is 2.38. The number of hydrogen-bond donors (Lipinski definition) is 0. The summed E-state index contributed by atoms with van der Waals surface area (Å²) < 4.78 is 2.13. The molecule has 3 rings (SSSR count). The Morgan fingerprint density at radius 1 is 1.00 bits per heavy atom. The van der Waals surface area contributed by atoms with E-state index in [-0.39, 0.29) is 0 Å². The van der Waals surface area contributed by atoms with Gasteiger partial charge in [-0.15, -0.1) is 0 Å². The average Bonchev–Trinajstić information content (AvgIpc) is 3.21. The Hall–Kier alpha value is -1.42. The number of aryl methyl sites for hydroxylation is 2. The number of nitrogens with zero attached hydrogens (tertiary/aromatic N) is 2. The number of halogens is 2. The van der Waals surface area contributed by atoms with Gasteiger partial charge in [0.15, 0.2) is 0 Å². The van der Waals surface area contributed by atoms with E-state index in [1.54, 1.807) is 0 Å². The Kier molecular flexibility index (Phi) is 8.78. The molecule has 0 fully saturated rings. The van der Waals surface area contributed by atoms with Crippen LogP contribution in [-0.2, 0) is 13.0 Å². The Morgan fingerprint density at radius 3 is 2.61 bits per heavy atom. The molecule has 1 atom stereocenters. The molecular weight excluding hydrogens is 407 g/mol. The molecular formula is C23H26Cl2N2S. The third-order valence-corrected chi connectivity index (χ3v) is 6.75. The Balaban J connectivity index is 1.51. The summed E-state index contributed by atoms with van der Waals surface area (Å²) in [6, 6.07) is 16.6. The summed E-state index contributed by atoms with van der Waals surface area (Å²) in [5.41, 5.74) is 2.62. The molecule has 3 aromatic rings. The fourth-order valence-electron chi connectivity index (χ4n) is 3.27. The van der Waals surface area contributed by atoms with E-state index in [1.165, 1.54) is 24.0 Å². The van der Waals surface area contributed by atoms with Gasteiger partial charge in [0, 0.05) is 34.2 Å². The van der Waals surface area contributed by atoms with Gasteiger partial charge in [0.2, 0.25) is 0 Å². The molecule has 0 aliphatic rings. The first kappa shape index (κ1) is 21.3. The van der Waals surface area contributed by atoms with Crippen molar-refractivity contribution in [1.29, 1.82) is 0 Å². The first-order chi connectivity index (χ1) is 13.7. The van der Waals surface area contributed by atoms with E-state index in [0.717, 1.165) is 36.6 Å². The molecule has 0 saturated carbocycles. The predicted molar refractivity (Wildman–Crippen MR) is 123 cm³/mol. The van der Waals surface area contributed by atoms with Gasteiger partial charge in [0.1, 0.15) is 0 Å². The maximum absolute atomic E-state index is 6.51. The van der Waals surface area contributed by atoms with Crippen molar-refractivity contribution in [2.24, 2.45) is 0 Å². The fourth-order valence-corrected chi connectivity index (χ4v) is 5.25. The quantitative estimate of drug-likeness (QED) is 0.292. The standard InChI is InChI=1S/C23H26Cl2N2S/c24-20-11-12-21(22(25)17-20)23(10-6-14-27-15-13-26-18-27)28-16-5-4-9-19-7-2-1-3-8-19/h1-3,7-8,11-13,15,17-18,23H,4-6,9-10,14,16H2. The monoisotopic (exact) mass is 432 g/mol. The van der Waals surface area contributed by atoms with E-state index in [9.17, 15) is 0 Å². The minimum absolute atomic E-state index is 0.394. The number of rotatable bonds is 11. The summed E-state index contributed by atoms with van der Waals surface area (Å²) in [4.78, 5) is 4.12. The van der Waals surface area contributed by atoms with Gasteiger partial charge >= 0.3 is 0 Å². The van der Waals surface area contributed by atoms with Gasteiger partial charge in [-0.05, 0) is 61.1 Å². The van der Waals surface area contributed by atoms with Gasteiger partial charge in [-0.25, -0.2) is 4.98 Å². The second-order valence-electron chi connectivity index (χ2n) is 6.91. The molecule has 1 aromatic heterocycles. The molecule has 1 heterocycles. The van der Waals surface area contributed by atoms with Crippen molar-refractivity contribution < 1.29 is 0 Å². The molecule has 0 bridgehead atoms. The van der Waals surface area contributed by atoms with Crippen LogP contribution in [0.25, 0.3) is 0 Å². The van der Waals surface area contributed by atoms with Gasteiger partial charge in [-0.2, -0.15) is 11.8 Å². The summed E-state index contributed by atoms with van der Waals surface area (Å²) in [5.74, 6) is 1.14. The van der Waals surface area contributed by atoms with Gasteiger partial charge in [-0.3, -0.25) is 0 Å². The van der Waals surface area contributed by atoms with Crippen LogP contribution in [0.5, 0.6) is 0 Å². The zero-order valence-corrected chi connectivity index (χ0v) is 18.3. The highest BCUT2D eigenvalue weighted by atomic mass is 35.5. The van der Waals surface area contributed by atoms with Gasteiger partial charge in [-0.1, -0.05) is 59.6 Å². The third-order valence-electron chi connectivity index (χ3n) is 4.77.